The van der Waals surface area contributed by atoms with Gasteiger partial charge in [0.25, 0.3) is 0 Å². The minimum Gasteiger partial charge on any atom is -0.490 e. The number of fused-ring (bicyclic) bond motifs is 1. The lowest BCUT2D eigenvalue weighted by molar-refractivity contribution is 0.288. The van der Waals surface area contributed by atoms with E-state index in [1.807, 2.05) is 39.0 Å². The predicted molar refractivity (Wildman–Crippen MR) is 76.6 cm³/mol. The van der Waals surface area contributed by atoms with E-state index in [1.54, 1.807) is 0 Å². The summed E-state index contributed by atoms with van der Waals surface area (Å²) in [6.45, 7) is 6.97. The minimum absolute atomic E-state index is 0.580. The molecule has 0 saturated carbocycles. The van der Waals surface area contributed by atoms with Gasteiger partial charge in [0.15, 0.2) is 11.5 Å². The average molecular weight is 261 g/mol. The summed E-state index contributed by atoms with van der Waals surface area (Å²) in [7, 11) is 0. The van der Waals surface area contributed by atoms with E-state index >= 15 is 0 Å². The first-order valence-corrected chi connectivity index (χ1v) is 6.37. The number of aryl methyl sites for hydroxylation is 1. The van der Waals surface area contributed by atoms with Crippen LogP contribution in [0.3, 0.4) is 0 Å². The second-order valence-electron chi connectivity index (χ2n) is 4.14. The fourth-order valence-corrected chi connectivity index (χ4v) is 2.02. The normalized spacial score (nSPS) is 10.5. The third kappa shape index (κ3) is 2.71. The molecule has 1 aromatic carbocycles. The molecule has 0 unspecified atom stereocenters. The van der Waals surface area contributed by atoms with Gasteiger partial charge in [-0.25, -0.2) is 0 Å². The molecule has 0 amide bonds. The number of aromatic nitrogens is 1. The Hall–Kier alpha value is -2.01. The van der Waals surface area contributed by atoms with E-state index in [1.165, 1.54) is 0 Å². The summed E-state index contributed by atoms with van der Waals surface area (Å²) in [6, 6.07) is 5.70. The van der Waals surface area contributed by atoms with Crippen LogP contribution >= 0.6 is 0 Å². The molecule has 0 bridgehead atoms. The summed E-state index contributed by atoms with van der Waals surface area (Å²) < 4.78 is 11.2. The van der Waals surface area contributed by atoms with Crippen molar-refractivity contribution in [2.45, 2.75) is 20.8 Å². The number of pyridine rings is 1. The molecule has 0 radical (unpaired) electrons. The first-order chi connectivity index (χ1) is 9.19. The summed E-state index contributed by atoms with van der Waals surface area (Å²) in [5.41, 5.74) is 5.25. The van der Waals surface area contributed by atoms with Crippen molar-refractivity contribution in [1.82, 2.24) is 4.98 Å². The molecule has 0 atom stereocenters. The number of hydrogen-bond acceptors (Lipinski definition) is 5. The molecular formula is C14H19N3O2. The van der Waals surface area contributed by atoms with Gasteiger partial charge >= 0.3 is 0 Å². The summed E-state index contributed by atoms with van der Waals surface area (Å²) >= 11 is 0. The Morgan fingerprint density at radius 3 is 2.32 bits per heavy atom. The van der Waals surface area contributed by atoms with Crippen LogP contribution in [-0.2, 0) is 0 Å². The summed E-state index contributed by atoms with van der Waals surface area (Å²) in [5.74, 6) is 6.97. The first kappa shape index (κ1) is 13.4. The Kier molecular flexibility index (Phi) is 4.06. The zero-order valence-corrected chi connectivity index (χ0v) is 11.5. The Morgan fingerprint density at radius 1 is 1.11 bits per heavy atom. The third-order valence-electron chi connectivity index (χ3n) is 2.76. The highest BCUT2D eigenvalue weighted by atomic mass is 16.5. The maximum atomic E-state index is 5.61. The lowest BCUT2D eigenvalue weighted by atomic mass is 10.1. The van der Waals surface area contributed by atoms with E-state index in [4.69, 9.17) is 15.3 Å². The molecule has 1 heterocycles. The van der Waals surface area contributed by atoms with Crippen molar-refractivity contribution in [3.05, 3.63) is 23.9 Å². The molecule has 0 saturated heterocycles. The molecule has 0 fully saturated rings. The maximum Gasteiger partial charge on any atom is 0.163 e. The highest BCUT2D eigenvalue weighted by molar-refractivity contribution is 5.93. The average Bonchev–Trinajstić information content (AvgIpc) is 2.39. The minimum atomic E-state index is 0.580. The predicted octanol–water partition coefficient (Wildman–Crippen LogP) is 2.63. The monoisotopic (exact) mass is 261 g/mol. The van der Waals surface area contributed by atoms with E-state index in [9.17, 15) is 0 Å². The van der Waals surface area contributed by atoms with E-state index in [0.717, 1.165) is 22.3 Å². The SMILES string of the molecule is CCOc1cc2nc(C)cc(NN)c2cc1OCC. The molecule has 5 nitrogen and oxygen atoms in total. The van der Waals surface area contributed by atoms with Crippen LogP contribution in [0.4, 0.5) is 5.69 Å². The quantitative estimate of drug-likeness (QED) is 0.639. The van der Waals surface area contributed by atoms with Crippen LogP contribution in [0.25, 0.3) is 10.9 Å². The van der Waals surface area contributed by atoms with Gasteiger partial charge in [0.05, 0.1) is 24.4 Å². The topological polar surface area (TPSA) is 69.4 Å². The van der Waals surface area contributed by atoms with Crippen LogP contribution in [0.2, 0.25) is 0 Å². The molecule has 0 aliphatic carbocycles. The molecule has 3 N–H and O–H groups in total. The zero-order chi connectivity index (χ0) is 13.8. The van der Waals surface area contributed by atoms with Crippen LogP contribution in [-0.4, -0.2) is 18.2 Å². The number of anilines is 1. The highest BCUT2D eigenvalue weighted by Gasteiger charge is 2.11. The second-order valence-corrected chi connectivity index (χ2v) is 4.14. The lowest BCUT2D eigenvalue weighted by Gasteiger charge is -2.14. The van der Waals surface area contributed by atoms with Gasteiger partial charge in [-0.1, -0.05) is 0 Å². The van der Waals surface area contributed by atoms with Gasteiger partial charge in [0, 0.05) is 17.1 Å². The van der Waals surface area contributed by atoms with Gasteiger partial charge in [-0.05, 0) is 32.9 Å². The van der Waals surface area contributed by atoms with E-state index in [-0.39, 0.29) is 0 Å². The van der Waals surface area contributed by atoms with Gasteiger partial charge in [0.1, 0.15) is 0 Å². The van der Waals surface area contributed by atoms with Gasteiger partial charge < -0.3 is 14.9 Å². The van der Waals surface area contributed by atoms with Crippen LogP contribution in [0.5, 0.6) is 11.5 Å². The molecule has 2 aromatic rings. The Labute approximate surface area is 112 Å². The number of nitrogens with two attached hydrogens (primary N) is 1. The van der Waals surface area contributed by atoms with Crippen LogP contribution in [0.15, 0.2) is 18.2 Å². The van der Waals surface area contributed by atoms with Crippen molar-refractivity contribution >= 4 is 16.6 Å². The standard InChI is InChI=1S/C14H19N3O2/c1-4-18-13-7-10-11(8-14(13)19-5-2)16-9(3)6-12(10)17-15/h6-8H,4-5,15H2,1-3H3,(H,16,17). The number of hydrogen-bond donors (Lipinski definition) is 2. The van der Waals surface area contributed by atoms with Crippen LogP contribution in [0, 0.1) is 6.92 Å². The number of nitrogen functional groups attached to an aromatic ring is 1. The number of nitrogens with zero attached hydrogens (tertiary/aromatic N) is 1. The zero-order valence-electron chi connectivity index (χ0n) is 11.5. The molecule has 0 aliphatic heterocycles. The van der Waals surface area contributed by atoms with Gasteiger partial charge in [-0.3, -0.25) is 10.8 Å². The fourth-order valence-electron chi connectivity index (χ4n) is 2.02. The number of ether oxygens (including phenoxy) is 2. The summed E-state index contributed by atoms with van der Waals surface area (Å²) in [4.78, 5) is 4.50. The second kappa shape index (κ2) is 5.75. The number of hydrazine groups is 1. The number of nitrogens with one attached hydrogen (secondary N) is 1. The molecule has 102 valence electrons. The van der Waals surface area contributed by atoms with Crippen molar-refractivity contribution < 1.29 is 9.47 Å². The maximum absolute atomic E-state index is 5.61. The van der Waals surface area contributed by atoms with Crippen molar-refractivity contribution in [2.24, 2.45) is 5.84 Å². The van der Waals surface area contributed by atoms with Crippen molar-refractivity contribution in [1.29, 1.82) is 0 Å². The number of benzene rings is 1. The number of rotatable bonds is 5. The smallest absolute Gasteiger partial charge is 0.163 e. The molecule has 0 aliphatic rings. The lowest BCUT2D eigenvalue weighted by Crippen LogP contribution is -2.08. The van der Waals surface area contributed by atoms with E-state index in [2.05, 4.69) is 10.4 Å². The Morgan fingerprint density at radius 2 is 1.74 bits per heavy atom. The Balaban J connectivity index is 2.65. The van der Waals surface area contributed by atoms with Crippen molar-refractivity contribution in [2.75, 3.05) is 18.6 Å². The van der Waals surface area contributed by atoms with Gasteiger partial charge in [-0.2, -0.15) is 0 Å². The molecule has 1 aromatic heterocycles. The van der Waals surface area contributed by atoms with E-state index < -0.39 is 0 Å². The summed E-state index contributed by atoms with van der Waals surface area (Å²) in [6.07, 6.45) is 0. The van der Waals surface area contributed by atoms with Gasteiger partial charge in [0.2, 0.25) is 0 Å². The molecule has 5 heteroatoms. The molecule has 19 heavy (non-hydrogen) atoms. The first-order valence-electron chi connectivity index (χ1n) is 6.37. The van der Waals surface area contributed by atoms with Crippen LogP contribution < -0.4 is 20.7 Å². The summed E-state index contributed by atoms with van der Waals surface area (Å²) in [5, 5.41) is 0.917. The highest BCUT2D eigenvalue weighted by Crippen LogP contribution is 2.35. The molecule has 0 spiro atoms. The van der Waals surface area contributed by atoms with Gasteiger partial charge in [-0.15, -0.1) is 0 Å². The molecule has 2 rings (SSSR count). The third-order valence-corrected chi connectivity index (χ3v) is 2.76. The van der Waals surface area contributed by atoms with E-state index in [0.29, 0.717) is 24.7 Å². The molecular weight excluding hydrogens is 242 g/mol. The van der Waals surface area contributed by atoms with Crippen molar-refractivity contribution in [3.8, 4) is 11.5 Å². The Bertz CT molecular complexity index is 584. The van der Waals surface area contributed by atoms with Crippen LogP contribution in [0.1, 0.15) is 19.5 Å². The fraction of sp³-hybridized carbons (Fsp3) is 0.357. The van der Waals surface area contributed by atoms with Crippen molar-refractivity contribution in [3.63, 3.8) is 0 Å². The largest absolute Gasteiger partial charge is 0.490 e.